The molecule has 1 saturated heterocycles. The highest BCUT2D eigenvalue weighted by Crippen LogP contribution is 2.40. The lowest BCUT2D eigenvalue weighted by molar-refractivity contribution is -0.127. The number of para-hydroxylation sites is 2. The van der Waals surface area contributed by atoms with E-state index in [9.17, 15) is 9.59 Å². The van der Waals surface area contributed by atoms with E-state index in [4.69, 9.17) is 14.2 Å². The molecule has 1 N–H and O–H groups in total. The Labute approximate surface area is 173 Å². The molecule has 0 saturated carbocycles. The number of ether oxygens (including phenoxy) is 3. The molecular weight excluding hydrogens is 388 g/mol. The van der Waals surface area contributed by atoms with Gasteiger partial charge in [0.25, 0.3) is 11.8 Å². The van der Waals surface area contributed by atoms with Gasteiger partial charge in [-0.15, -0.1) is 0 Å². The van der Waals surface area contributed by atoms with Gasteiger partial charge in [-0.05, 0) is 25.0 Å². The standard InChI is InChI=1S/C21H22N4O5/c1-25-15-5-2-3-6-16(15)29-11-14(20(25)27)23-19(26)18-22-9-13-10-30-21(17(13)24-18)7-4-8-28-12-21/h2-3,5-6,9,14H,4,7-8,10-12H2,1H3,(H,23,26)/t14-,21?/m0/s1. The molecule has 3 aliphatic rings. The van der Waals surface area contributed by atoms with Gasteiger partial charge in [0, 0.05) is 25.4 Å². The minimum Gasteiger partial charge on any atom is -0.489 e. The van der Waals surface area contributed by atoms with E-state index in [0.29, 0.717) is 37.0 Å². The zero-order chi connectivity index (χ0) is 20.7. The van der Waals surface area contributed by atoms with Gasteiger partial charge in [0.2, 0.25) is 5.82 Å². The fraction of sp³-hybridized carbons (Fsp3) is 0.429. The zero-order valence-corrected chi connectivity index (χ0v) is 16.6. The van der Waals surface area contributed by atoms with Crippen molar-refractivity contribution in [2.24, 2.45) is 0 Å². The van der Waals surface area contributed by atoms with Crippen molar-refractivity contribution in [1.82, 2.24) is 15.3 Å². The third kappa shape index (κ3) is 3.10. The summed E-state index contributed by atoms with van der Waals surface area (Å²) in [6, 6.07) is 6.40. The van der Waals surface area contributed by atoms with Crippen molar-refractivity contribution in [3.8, 4) is 5.75 Å². The van der Waals surface area contributed by atoms with E-state index in [1.54, 1.807) is 25.4 Å². The molecule has 1 fully saturated rings. The first kappa shape index (κ1) is 19.0. The van der Waals surface area contributed by atoms with Crippen molar-refractivity contribution >= 4 is 17.5 Å². The lowest BCUT2D eigenvalue weighted by atomic mass is 9.92. The molecule has 9 nitrogen and oxygen atoms in total. The summed E-state index contributed by atoms with van der Waals surface area (Å²) in [5.41, 5.74) is 1.61. The van der Waals surface area contributed by atoms with Crippen molar-refractivity contribution in [3.05, 3.63) is 47.5 Å². The van der Waals surface area contributed by atoms with Gasteiger partial charge in [-0.2, -0.15) is 0 Å². The molecule has 0 bridgehead atoms. The van der Waals surface area contributed by atoms with E-state index in [-0.39, 0.29) is 18.3 Å². The maximum Gasteiger partial charge on any atom is 0.289 e. The van der Waals surface area contributed by atoms with E-state index in [1.807, 2.05) is 12.1 Å². The highest BCUT2D eigenvalue weighted by Gasteiger charge is 2.44. The van der Waals surface area contributed by atoms with Gasteiger partial charge >= 0.3 is 0 Å². The van der Waals surface area contributed by atoms with E-state index in [1.165, 1.54) is 4.90 Å². The first-order valence-electron chi connectivity index (χ1n) is 9.96. The van der Waals surface area contributed by atoms with Crippen LogP contribution in [0.15, 0.2) is 30.5 Å². The van der Waals surface area contributed by atoms with E-state index < -0.39 is 17.6 Å². The second-order valence-electron chi connectivity index (χ2n) is 7.71. The van der Waals surface area contributed by atoms with Crippen molar-refractivity contribution in [1.29, 1.82) is 0 Å². The van der Waals surface area contributed by atoms with Crippen LogP contribution in [0.2, 0.25) is 0 Å². The largest absolute Gasteiger partial charge is 0.489 e. The van der Waals surface area contributed by atoms with Gasteiger partial charge in [-0.3, -0.25) is 9.59 Å². The summed E-state index contributed by atoms with van der Waals surface area (Å²) in [7, 11) is 1.66. The molecule has 30 heavy (non-hydrogen) atoms. The summed E-state index contributed by atoms with van der Waals surface area (Å²) in [6.07, 6.45) is 3.27. The molecule has 1 aromatic carbocycles. The zero-order valence-electron chi connectivity index (χ0n) is 16.6. The molecule has 2 atom stereocenters. The van der Waals surface area contributed by atoms with Crippen LogP contribution in [0, 0.1) is 0 Å². The van der Waals surface area contributed by atoms with E-state index in [2.05, 4.69) is 15.3 Å². The number of rotatable bonds is 2. The van der Waals surface area contributed by atoms with Gasteiger partial charge in [-0.25, -0.2) is 9.97 Å². The minimum atomic E-state index is -0.852. The van der Waals surface area contributed by atoms with Gasteiger partial charge in [0.15, 0.2) is 0 Å². The van der Waals surface area contributed by atoms with Gasteiger partial charge in [0.1, 0.15) is 24.0 Å². The molecule has 4 heterocycles. The Morgan fingerprint density at radius 2 is 2.20 bits per heavy atom. The highest BCUT2D eigenvalue weighted by molar-refractivity contribution is 6.02. The number of hydrogen-bond acceptors (Lipinski definition) is 7. The van der Waals surface area contributed by atoms with Crippen LogP contribution >= 0.6 is 0 Å². The van der Waals surface area contributed by atoms with Gasteiger partial charge in [0.05, 0.1) is 24.6 Å². The molecule has 3 aliphatic heterocycles. The SMILES string of the molecule is CN1C(=O)[C@@H](NC(=O)c2ncc3c(n2)C2(CCCOC2)OC3)COc2ccccc21. The normalized spacial score (nSPS) is 25.3. The quantitative estimate of drug-likeness (QED) is 0.793. The number of aromatic nitrogens is 2. The maximum absolute atomic E-state index is 12.9. The highest BCUT2D eigenvalue weighted by atomic mass is 16.5. The second kappa shape index (κ2) is 7.33. The first-order valence-corrected chi connectivity index (χ1v) is 9.96. The van der Waals surface area contributed by atoms with Crippen LogP contribution in [-0.4, -0.2) is 54.7 Å². The lowest BCUT2D eigenvalue weighted by Gasteiger charge is -2.32. The summed E-state index contributed by atoms with van der Waals surface area (Å²) in [5, 5.41) is 2.72. The van der Waals surface area contributed by atoms with Gasteiger partial charge in [-0.1, -0.05) is 12.1 Å². The van der Waals surface area contributed by atoms with Crippen molar-refractivity contribution in [3.63, 3.8) is 0 Å². The summed E-state index contributed by atoms with van der Waals surface area (Å²) >= 11 is 0. The number of nitrogens with one attached hydrogen (secondary N) is 1. The molecule has 1 unspecified atom stereocenters. The first-order chi connectivity index (χ1) is 14.6. The van der Waals surface area contributed by atoms with Crippen LogP contribution in [0.1, 0.15) is 34.7 Å². The molecular formula is C21H22N4O5. The number of anilines is 1. The van der Waals surface area contributed by atoms with Crippen molar-refractivity contribution < 1.29 is 23.8 Å². The number of carbonyl (C=O) groups is 2. The smallest absolute Gasteiger partial charge is 0.289 e. The third-order valence-corrected chi connectivity index (χ3v) is 5.77. The molecule has 156 valence electrons. The predicted molar refractivity (Wildman–Crippen MR) is 105 cm³/mol. The van der Waals surface area contributed by atoms with Crippen LogP contribution in [-0.2, 0) is 26.5 Å². The molecule has 2 aromatic rings. The fourth-order valence-electron chi connectivity index (χ4n) is 4.15. The number of nitrogens with zero attached hydrogens (tertiary/aromatic N) is 3. The second-order valence-corrected chi connectivity index (χ2v) is 7.71. The minimum absolute atomic E-state index is 0.00131. The molecule has 9 heteroatoms. The Kier molecular flexibility index (Phi) is 4.63. The number of carbonyl (C=O) groups excluding carboxylic acids is 2. The summed E-state index contributed by atoms with van der Waals surface area (Å²) in [6.45, 7) is 1.53. The molecule has 1 aromatic heterocycles. The van der Waals surface area contributed by atoms with Crippen molar-refractivity contribution in [2.45, 2.75) is 31.1 Å². The van der Waals surface area contributed by atoms with Crippen LogP contribution in [0.3, 0.4) is 0 Å². The number of likely N-dealkylation sites (N-methyl/N-ethyl adjacent to an activating group) is 1. The Bertz CT molecular complexity index is 999. The average molecular weight is 410 g/mol. The Morgan fingerprint density at radius 1 is 1.33 bits per heavy atom. The Hall–Kier alpha value is -3.04. The number of amides is 2. The Balaban J connectivity index is 1.36. The topological polar surface area (TPSA) is 103 Å². The van der Waals surface area contributed by atoms with E-state index in [0.717, 1.165) is 18.4 Å². The van der Waals surface area contributed by atoms with Crippen molar-refractivity contribution in [2.75, 3.05) is 31.8 Å². The number of hydrogen-bond donors (Lipinski definition) is 1. The maximum atomic E-state index is 12.9. The summed E-state index contributed by atoms with van der Waals surface area (Å²) in [5.74, 6) is -0.204. The van der Waals surface area contributed by atoms with Crippen LogP contribution in [0.5, 0.6) is 5.75 Å². The average Bonchev–Trinajstić information content (AvgIpc) is 3.07. The van der Waals surface area contributed by atoms with Crippen LogP contribution < -0.4 is 15.0 Å². The third-order valence-electron chi connectivity index (χ3n) is 5.77. The monoisotopic (exact) mass is 410 g/mol. The lowest BCUT2D eigenvalue weighted by Crippen LogP contribution is -2.49. The van der Waals surface area contributed by atoms with Crippen LogP contribution in [0.25, 0.3) is 0 Å². The fourth-order valence-corrected chi connectivity index (χ4v) is 4.15. The summed E-state index contributed by atoms with van der Waals surface area (Å²) < 4.78 is 17.3. The molecule has 5 rings (SSSR count). The van der Waals surface area contributed by atoms with E-state index >= 15 is 0 Å². The molecule has 0 radical (unpaired) electrons. The Morgan fingerprint density at radius 3 is 3.03 bits per heavy atom. The molecule has 2 amide bonds. The molecule has 0 aliphatic carbocycles. The van der Waals surface area contributed by atoms with Gasteiger partial charge < -0.3 is 24.4 Å². The number of benzene rings is 1. The predicted octanol–water partition coefficient (Wildman–Crippen LogP) is 1.17. The summed E-state index contributed by atoms with van der Waals surface area (Å²) in [4.78, 5) is 35.9. The van der Waals surface area contributed by atoms with Crippen LogP contribution in [0.4, 0.5) is 5.69 Å². The number of fused-ring (bicyclic) bond motifs is 3. The molecule has 1 spiro atoms.